The number of nitrogens with zero attached hydrogens (tertiary/aromatic N) is 5. The molecule has 2 aromatic heterocycles. The number of carbonyl (C=O) groups is 1. The molecular formula is C30H26F2N6O2. The van der Waals surface area contributed by atoms with Crippen LogP contribution in [-0.4, -0.2) is 38.4 Å². The molecule has 2 aromatic carbocycles. The molecule has 1 amide bonds. The van der Waals surface area contributed by atoms with Crippen LogP contribution >= 0.6 is 0 Å². The van der Waals surface area contributed by atoms with Gasteiger partial charge in [0.05, 0.1) is 11.4 Å². The first kappa shape index (κ1) is 25.5. The van der Waals surface area contributed by atoms with Crippen molar-refractivity contribution in [1.82, 2.24) is 19.4 Å². The van der Waals surface area contributed by atoms with Crippen LogP contribution in [0.1, 0.15) is 31.7 Å². The van der Waals surface area contributed by atoms with Gasteiger partial charge in [-0.1, -0.05) is 18.2 Å². The van der Waals surface area contributed by atoms with Gasteiger partial charge in [0.2, 0.25) is 0 Å². The molecule has 10 heteroatoms. The van der Waals surface area contributed by atoms with Crippen LogP contribution in [0.25, 0.3) is 22.2 Å². The van der Waals surface area contributed by atoms with Crippen LogP contribution in [0.15, 0.2) is 66.6 Å². The number of anilines is 1. The first-order chi connectivity index (χ1) is 19.4. The van der Waals surface area contributed by atoms with Crippen LogP contribution in [0.2, 0.25) is 0 Å². The van der Waals surface area contributed by atoms with E-state index in [4.69, 9.17) is 10.5 Å². The largest absolute Gasteiger partial charge is 0.457 e. The minimum Gasteiger partial charge on any atom is -0.457 e. The standard InChI is InChI=1S/C30H26F2N6O2/c31-21-11-22(32)13-25(12-21)40-24-7-5-19(6-8-24)26-16-38(29-27(26)28(34)35-17-36-29)23-2-1-9-37(15-23)30(39)20(14-33)10-18-3-4-18/h5-8,10-13,16-18,23H,1-4,9,15H2,(H2,34,35,36)/b20-10+/t23-/m0/s1. The average molecular weight is 541 g/mol. The summed E-state index contributed by atoms with van der Waals surface area (Å²) >= 11 is 0. The molecule has 1 atom stereocenters. The number of amides is 1. The van der Waals surface area contributed by atoms with Gasteiger partial charge in [-0.05, 0) is 49.3 Å². The average Bonchev–Trinajstić information content (AvgIpc) is 3.68. The lowest BCUT2D eigenvalue weighted by Crippen LogP contribution is -2.41. The van der Waals surface area contributed by atoms with Gasteiger partial charge in [0.25, 0.3) is 5.91 Å². The summed E-state index contributed by atoms with van der Waals surface area (Å²) in [6.45, 7) is 1.05. The highest BCUT2D eigenvalue weighted by molar-refractivity contribution is 6.01. The van der Waals surface area contributed by atoms with Gasteiger partial charge in [-0.2, -0.15) is 5.26 Å². The molecule has 0 radical (unpaired) electrons. The maximum atomic E-state index is 13.6. The quantitative estimate of drug-likeness (QED) is 0.245. The molecule has 0 bridgehead atoms. The Balaban J connectivity index is 1.29. The van der Waals surface area contributed by atoms with Crippen molar-refractivity contribution in [2.45, 2.75) is 31.7 Å². The Morgan fingerprint density at radius 2 is 1.82 bits per heavy atom. The summed E-state index contributed by atoms with van der Waals surface area (Å²) in [4.78, 5) is 23.6. The zero-order valence-corrected chi connectivity index (χ0v) is 21.6. The fourth-order valence-corrected chi connectivity index (χ4v) is 5.22. The van der Waals surface area contributed by atoms with E-state index >= 15 is 0 Å². The van der Waals surface area contributed by atoms with Crippen LogP contribution in [-0.2, 0) is 4.79 Å². The van der Waals surface area contributed by atoms with E-state index in [0.717, 1.165) is 55.0 Å². The highest BCUT2D eigenvalue weighted by Gasteiger charge is 2.30. The number of nitrogens with two attached hydrogens (primary N) is 1. The number of hydrogen-bond acceptors (Lipinski definition) is 6. The number of piperidine rings is 1. The molecule has 3 heterocycles. The molecule has 0 spiro atoms. The molecule has 202 valence electrons. The molecule has 1 saturated heterocycles. The Bertz CT molecular complexity index is 1650. The van der Waals surface area contributed by atoms with Crippen molar-refractivity contribution in [3.63, 3.8) is 0 Å². The Kier molecular flexibility index (Phi) is 6.64. The van der Waals surface area contributed by atoms with Gasteiger partial charge in [-0.3, -0.25) is 4.79 Å². The third kappa shape index (κ3) is 5.10. The second-order valence-corrected chi connectivity index (χ2v) is 10.2. The number of rotatable bonds is 6. The fraction of sp³-hybridized carbons (Fsp3) is 0.267. The summed E-state index contributed by atoms with van der Waals surface area (Å²) in [5.74, 6) is -0.531. The summed E-state index contributed by atoms with van der Waals surface area (Å²) in [7, 11) is 0. The minimum atomic E-state index is -0.722. The second kappa shape index (κ2) is 10.4. The van der Waals surface area contributed by atoms with Crippen LogP contribution in [0.5, 0.6) is 11.5 Å². The number of likely N-dealkylation sites (tertiary alicyclic amines) is 1. The van der Waals surface area contributed by atoms with E-state index in [1.54, 1.807) is 23.1 Å². The lowest BCUT2D eigenvalue weighted by atomic mass is 10.0. The summed E-state index contributed by atoms with van der Waals surface area (Å²) in [5, 5.41) is 10.3. The van der Waals surface area contributed by atoms with Gasteiger partial charge in [-0.15, -0.1) is 0 Å². The van der Waals surface area contributed by atoms with Crippen LogP contribution in [0.3, 0.4) is 0 Å². The Hall–Kier alpha value is -4.78. The van der Waals surface area contributed by atoms with E-state index in [1.807, 2.05) is 22.9 Å². The third-order valence-corrected chi connectivity index (χ3v) is 7.33. The molecular weight excluding hydrogens is 514 g/mol. The SMILES string of the molecule is N#C/C(=C\C1CC1)C(=O)N1CCC[C@H](n2cc(-c3ccc(Oc4cc(F)cc(F)c4)cc3)c3c(N)ncnc32)C1. The number of hydrogen-bond donors (Lipinski definition) is 1. The third-order valence-electron chi connectivity index (χ3n) is 7.33. The van der Waals surface area contributed by atoms with Crippen molar-refractivity contribution < 1.29 is 18.3 Å². The molecule has 8 nitrogen and oxygen atoms in total. The smallest absolute Gasteiger partial charge is 0.264 e. The van der Waals surface area contributed by atoms with E-state index in [-0.39, 0.29) is 23.3 Å². The fourth-order valence-electron chi connectivity index (χ4n) is 5.22. The monoisotopic (exact) mass is 540 g/mol. The van der Waals surface area contributed by atoms with Gasteiger partial charge in [-0.25, -0.2) is 18.7 Å². The van der Waals surface area contributed by atoms with Crippen molar-refractivity contribution in [3.05, 3.63) is 78.3 Å². The number of allylic oxidation sites excluding steroid dienone is 1. The first-order valence-corrected chi connectivity index (χ1v) is 13.2. The molecule has 2 aliphatic rings. The molecule has 0 unspecified atom stereocenters. The number of nitrogen functional groups attached to an aromatic ring is 1. The number of carbonyl (C=O) groups excluding carboxylic acids is 1. The first-order valence-electron chi connectivity index (χ1n) is 13.2. The molecule has 2 N–H and O–H groups in total. The summed E-state index contributed by atoms with van der Waals surface area (Å²) in [6, 6.07) is 12.1. The van der Waals surface area contributed by atoms with E-state index in [9.17, 15) is 18.8 Å². The lowest BCUT2D eigenvalue weighted by Gasteiger charge is -2.33. The predicted octanol–water partition coefficient (Wildman–Crippen LogP) is 5.77. The minimum absolute atomic E-state index is 0.0578. The van der Waals surface area contributed by atoms with Crippen molar-refractivity contribution in [2.24, 2.45) is 5.92 Å². The maximum absolute atomic E-state index is 13.6. The Labute approximate surface area is 229 Å². The summed E-state index contributed by atoms with van der Waals surface area (Å²) in [6.07, 6.45) is 8.88. The van der Waals surface area contributed by atoms with Crippen LogP contribution in [0, 0.1) is 28.9 Å². The number of aromatic nitrogens is 3. The van der Waals surface area contributed by atoms with Crippen LogP contribution in [0.4, 0.5) is 14.6 Å². The van der Waals surface area contributed by atoms with Gasteiger partial charge < -0.3 is 19.9 Å². The maximum Gasteiger partial charge on any atom is 0.264 e. The van der Waals surface area contributed by atoms with Gasteiger partial charge in [0, 0.05) is 43.0 Å². The van der Waals surface area contributed by atoms with E-state index in [2.05, 4.69) is 16.0 Å². The highest BCUT2D eigenvalue weighted by Crippen LogP contribution is 2.37. The molecule has 1 saturated carbocycles. The van der Waals surface area contributed by atoms with Crippen molar-refractivity contribution >= 4 is 22.8 Å². The zero-order valence-electron chi connectivity index (χ0n) is 21.6. The molecule has 40 heavy (non-hydrogen) atoms. The van der Waals surface area contributed by atoms with E-state index < -0.39 is 11.6 Å². The molecule has 1 aliphatic carbocycles. The van der Waals surface area contributed by atoms with Gasteiger partial charge in [0.15, 0.2) is 0 Å². The predicted molar refractivity (Wildman–Crippen MR) is 145 cm³/mol. The van der Waals surface area contributed by atoms with Gasteiger partial charge >= 0.3 is 0 Å². The number of ether oxygens (including phenoxy) is 1. The van der Waals surface area contributed by atoms with Gasteiger partial charge in [0.1, 0.15) is 52.6 Å². The van der Waals surface area contributed by atoms with Crippen molar-refractivity contribution in [2.75, 3.05) is 18.8 Å². The highest BCUT2D eigenvalue weighted by atomic mass is 19.1. The molecule has 2 fully saturated rings. The molecule has 1 aliphatic heterocycles. The number of halogens is 2. The molecule has 4 aromatic rings. The molecule has 6 rings (SSSR count). The number of benzene rings is 2. The van der Waals surface area contributed by atoms with Crippen molar-refractivity contribution in [1.29, 1.82) is 5.26 Å². The van der Waals surface area contributed by atoms with Crippen LogP contribution < -0.4 is 10.5 Å². The zero-order chi connectivity index (χ0) is 27.8. The lowest BCUT2D eigenvalue weighted by molar-refractivity contribution is -0.128. The normalized spacial score (nSPS) is 17.6. The topological polar surface area (TPSA) is 110 Å². The summed E-state index contributed by atoms with van der Waals surface area (Å²) < 4.78 is 34.8. The Morgan fingerprint density at radius 1 is 1.07 bits per heavy atom. The van der Waals surface area contributed by atoms with E-state index in [0.29, 0.717) is 41.6 Å². The summed E-state index contributed by atoms with van der Waals surface area (Å²) in [5.41, 5.74) is 8.83. The number of fused-ring (bicyclic) bond motifs is 1. The van der Waals surface area contributed by atoms with Crippen molar-refractivity contribution in [3.8, 4) is 28.7 Å². The second-order valence-electron chi connectivity index (χ2n) is 10.2. The Morgan fingerprint density at radius 3 is 2.52 bits per heavy atom. The number of nitriles is 1. The van der Waals surface area contributed by atoms with E-state index in [1.165, 1.54) is 6.33 Å².